The second-order valence-electron chi connectivity index (χ2n) is 6.12. The van der Waals surface area contributed by atoms with Crippen LogP contribution >= 0.6 is 0 Å². The highest BCUT2D eigenvalue weighted by molar-refractivity contribution is 5.32. The molecule has 0 bridgehead atoms. The van der Waals surface area contributed by atoms with Gasteiger partial charge in [0, 0.05) is 24.2 Å². The fourth-order valence-corrected chi connectivity index (χ4v) is 2.39. The normalized spacial score (nSPS) is 11.6. The molecule has 1 aromatic carbocycles. The quantitative estimate of drug-likeness (QED) is 0.695. The first kappa shape index (κ1) is 16.3. The van der Waals surface area contributed by atoms with Gasteiger partial charge in [-0.05, 0) is 19.2 Å². The van der Waals surface area contributed by atoms with Gasteiger partial charge < -0.3 is 4.52 Å². The molecule has 0 saturated heterocycles. The van der Waals surface area contributed by atoms with Gasteiger partial charge in [0.15, 0.2) is 5.82 Å². The standard InChI is InChI=1S/C17H20FN5O/c1-12(2)17-20-16(21-24-17)11-22(3)9-13-8-19-23(10-13)15-7-5-4-6-14(15)18/h4-8,10,12H,9,11H2,1-3H3. The zero-order valence-corrected chi connectivity index (χ0v) is 14.0. The van der Waals surface area contributed by atoms with Crippen LogP contribution in [0.5, 0.6) is 0 Å². The lowest BCUT2D eigenvalue weighted by Crippen LogP contribution is -2.17. The second kappa shape index (κ2) is 6.92. The van der Waals surface area contributed by atoms with E-state index in [1.165, 1.54) is 6.07 Å². The number of hydrogen-bond acceptors (Lipinski definition) is 5. The number of para-hydroxylation sites is 1. The Bertz CT molecular complexity index is 811. The number of benzene rings is 1. The Balaban J connectivity index is 1.64. The predicted molar refractivity (Wildman–Crippen MR) is 87.1 cm³/mol. The van der Waals surface area contributed by atoms with Crippen molar-refractivity contribution in [3.05, 3.63) is 59.8 Å². The molecule has 0 aliphatic rings. The van der Waals surface area contributed by atoms with Crippen molar-refractivity contribution in [1.82, 2.24) is 24.8 Å². The second-order valence-corrected chi connectivity index (χ2v) is 6.12. The molecule has 0 spiro atoms. The molecule has 0 N–H and O–H groups in total. The van der Waals surface area contributed by atoms with E-state index in [1.54, 1.807) is 29.1 Å². The molecule has 2 aromatic heterocycles. The van der Waals surface area contributed by atoms with Crippen LogP contribution in [0.15, 0.2) is 41.2 Å². The van der Waals surface area contributed by atoms with Gasteiger partial charge in [-0.1, -0.05) is 31.1 Å². The number of nitrogens with zero attached hydrogens (tertiary/aromatic N) is 5. The number of hydrogen-bond donors (Lipinski definition) is 0. The maximum atomic E-state index is 13.8. The van der Waals surface area contributed by atoms with Crippen LogP contribution in [0.3, 0.4) is 0 Å². The highest BCUT2D eigenvalue weighted by atomic mass is 19.1. The molecule has 3 aromatic rings. The van der Waals surface area contributed by atoms with Crippen molar-refractivity contribution in [3.8, 4) is 5.69 Å². The van der Waals surface area contributed by atoms with Crippen LogP contribution in [0.2, 0.25) is 0 Å². The van der Waals surface area contributed by atoms with Crippen molar-refractivity contribution >= 4 is 0 Å². The molecule has 0 fully saturated rings. The minimum absolute atomic E-state index is 0.218. The van der Waals surface area contributed by atoms with Crippen molar-refractivity contribution in [2.75, 3.05) is 7.05 Å². The number of aromatic nitrogens is 4. The molecule has 126 valence electrons. The van der Waals surface area contributed by atoms with E-state index >= 15 is 0 Å². The van der Waals surface area contributed by atoms with Crippen LogP contribution in [0.4, 0.5) is 4.39 Å². The smallest absolute Gasteiger partial charge is 0.229 e. The van der Waals surface area contributed by atoms with Gasteiger partial charge in [0.25, 0.3) is 0 Å². The van der Waals surface area contributed by atoms with E-state index in [0.29, 0.717) is 30.5 Å². The van der Waals surface area contributed by atoms with Crippen molar-refractivity contribution in [2.24, 2.45) is 0 Å². The molecule has 0 amide bonds. The van der Waals surface area contributed by atoms with Crippen molar-refractivity contribution in [2.45, 2.75) is 32.9 Å². The summed E-state index contributed by atoms with van der Waals surface area (Å²) in [6, 6.07) is 6.57. The molecule has 0 aliphatic carbocycles. The van der Waals surface area contributed by atoms with E-state index in [1.807, 2.05) is 27.1 Å². The maximum Gasteiger partial charge on any atom is 0.229 e. The highest BCUT2D eigenvalue weighted by Crippen LogP contribution is 2.15. The lowest BCUT2D eigenvalue weighted by Gasteiger charge is -2.12. The van der Waals surface area contributed by atoms with Crippen LogP contribution in [-0.4, -0.2) is 31.9 Å². The number of halogens is 1. The average Bonchev–Trinajstić information content (AvgIpc) is 3.17. The molecule has 0 saturated carbocycles. The van der Waals surface area contributed by atoms with Gasteiger partial charge in [-0.15, -0.1) is 0 Å². The summed E-state index contributed by atoms with van der Waals surface area (Å²) < 4.78 is 20.6. The van der Waals surface area contributed by atoms with Crippen LogP contribution in [0.1, 0.15) is 37.0 Å². The molecule has 0 radical (unpaired) electrons. The Labute approximate surface area is 139 Å². The van der Waals surface area contributed by atoms with Crippen LogP contribution in [0.25, 0.3) is 5.69 Å². The van der Waals surface area contributed by atoms with Gasteiger partial charge in [0.2, 0.25) is 5.89 Å². The minimum atomic E-state index is -0.298. The molecule has 24 heavy (non-hydrogen) atoms. The van der Waals surface area contributed by atoms with Crippen LogP contribution in [-0.2, 0) is 13.1 Å². The summed E-state index contributed by atoms with van der Waals surface area (Å²) in [5.74, 6) is 1.22. The Kier molecular flexibility index (Phi) is 4.71. The topological polar surface area (TPSA) is 60.0 Å². The third-order valence-corrected chi connectivity index (χ3v) is 3.58. The first-order valence-corrected chi connectivity index (χ1v) is 7.82. The molecular weight excluding hydrogens is 309 g/mol. The number of rotatable bonds is 6. The third-order valence-electron chi connectivity index (χ3n) is 3.58. The van der Waals surface area contributed by atoms with Crippen molar-refractivity contribution < 1.29 is 8.91 Å². The lowest BCUT2D eigenvalue weighted by molar-refractivity contribution is 0.298. The van der Waals surface area contributed by atoms with Crippen molar-refractivity contribution in [3.63, 3.8) is 0 Å². The molecule has 2 heterocycles. The summed E-state index contributed by atoms with van der Waals surface area (Å²) in [4.78, 5) is 6.42. The Morgan fingerprint density at radius 1 is 1.25 bits per heavy atom. The fraction of sp³-hybridized carbons (Fsp3) is 0.353. The van der Waals surface area contributed by atoms with E-state index in [0.717, 1.165) is 5.56 Å². The van der Waals surface area contributed by atoms with Gasteiger partial charge >= 0.3 is 0 Å². The first-order valence-electron chi connectivity index (χ1n) is 7.82. The van der Waals surface area contributed by atoms with Gasteiger partial charge in [-0.2, -0.15) is 10.1 Å². The molecule has 3 rings (SSSR count). The molecule has 7 heteroatoms. The summed E-state index contributed by atoms with van der Waals surface area (Å²) in [7, 11) is 1.96. The van der Waals surface area contributed by atoms with Crippen LogP contribution < -0.4 is 0 Å². The summed E-state index contributed by atoms with van der Waals surface area (Å²) in [6.07, 6.45) is 3.56. The highest BCUT2D eigenvalue weighted by Gasteiger charge is 2.13. The van der Waals surface area contributed by atoms with E-state index in [-0.39, 0.29) is 11.7 Å². The van der Waals surface area contributed by atoms with E-state index in [9.17, 15) is 4.39 Å². The van der Waals surface area contributed by atoms with Crippen LogP contribution in [0, 0.1) is 5.82 Å². The zero-order valence-electron chi connectivity index (χ0n) is 14.0. The zero-order chi connectivity index (χ0) is 17.1. The Morgan fingerprint density at radius 2 is 2.04 bits per heavy atom. The molecule has 0 aliphatic heterocycles. The average molecular weight is 329 g/mol. The van der Waals surface area contributed by atoms with Gasteiger partial charge in [-0.3, -0.25) is 4.90 Å². The lowest BCUT2D eigenvalue weighted by atomic mass is 10.2. The maximum absolute atomic E-state index is 13.8. The monoisotopic (exact) mass is 329 g/mol. The first-order chi connectivity index (χ1) is 11.5. The molecule has 6 nitrogen and oxygen atoms in total. The molecular formula is C17H20FN5O. The molecule has 0 atom stereocenters. The van der Waals surface area contributed by atoms with Gasteiger partial charge in [0.1, 0.15) is 11.5 Å². The fourth-order valence-electron chi connectivity index (χ4n) is 2.39. The third kappa shape index (κ3) is 3.68. The van der Waals surface area contributed by atoms with Gasteiger partial charge in [0.05, 0.1) is 12.7 Å². The Hall–Kier alpha value is -2.54. The predicted octanol–water partition coefficient (Wildman–Crippen LogP) is 3.15. The minimum Gasteiger partial charge on any atom is -0.339 e. The SMILES string of the molecule is CC(C)c1nc(CN(C)Cc2cnn(-c3ccccc3F)c2)no1. The summed E-state index contributed by atoms with van der Waals surface area (Å²) in [6.45, 7) is 5.25. The molecule has 0 unspecified atom stereocenters. The summed E-state index contributed by atoms with van der Waals surface area (Å²) in [5.41, 5.74) is 1.42. The summed E-state index contributed by atoms with van der Waals surface area (Å²) >= 11 is 0. The van der Waals surface area contributed by atoms with Gasteiger partial charge in [-0.25, -0.2) is 9.07 Å². The largest absolute Gasteiger partial charge is 0.339 e. The van der Waals surface area contributed by atoms with E-state index in [2.05, 4.69) is 20.1 Å². The summed E-state index contributed by atoms with van der Waals surface area (Å²) in [5, 5.41) is 8.22. The Morgan fingerprint density at radius 3 is 2.75 bits per heavy atom. The van der Waals surface area contributed by atoms with E-state index in [4.69, 9.17) is 4.52 Å². The van der Waals surface area contributed by atoms with Crippen molar-refractivity contribution in [1.29, 1.82) is 0 Å². The van der Waals surface area contributed by atoms with E-state index < -0.39 is 0 Å².